The summed E-state index contributed by atoms with van der Waals surface area (Å²) < 4.78 is 0. The molecule has 2 heterocycles. The highest BCUT2D eigenvalue weighted by atomic mass is 15.0. The van der Waals surface area contributed by atoms with Crippen LogP contribution in [0.25, 0.3) is 0 Å². The number of rotatable bonds is 1. The number of hydrogen-bond donors (Lipinski definition) is 1. The molecule has 0 bridgehead atoms. The van der Waals surface area contributed by atoms with Crippen LogP contribution < -0.4 is 5.32 Å². The molecule has 0 spiro atoms. The summed E-state index contributed by atoms with van der Waals surface area (Å²) in [6.45, 7) is 1.14. The number of fused-ring (bicyclic) bond motifs is 1. The fourth-order valence-electron chi connectivity index (χ4n) is 2.94. The summed E-state index contributed by atoms with van der Waals surface area (Å²) in [5.41, 5.74) is 4.07. The minimum absolute atomic E-state index is 0.495. The summed E-state index contributed by atoms with van der Waals surface area (Å²) in [7, 11) is 0. The number of aryl methyl sites for hydroxylation is 1. The van der Waals surface area contributed by atoms with Gasteiger partial charge >= 0.3 is 0 Å². The number of aromatic nitrogens is 2. The molecule has 86 valence electrons. The predicted octanol–water partition coefficient (Wildman–Crippen LogP) is 2.17. The minimum atomic E-state index is 0.495. The molecule has 0 saturated carbocycles. The maximum Gasteiger partial charge on any atom is 0.116 e. The van der Waals surface area contributed by atoms with Crippen molar-refractivity contribution in [2.24, 2.45) is 0 Å². The van der Waals surface area contributed by atoms with Gasteiger partial charge in [-0.15, -0.1) is 0 Å². The van der Waals surface area contributed by atoms with E-state index in [0.717, 1.165) is 13.0 Å². The van der Waals surface area contributed by atoms with Crippen LogP contribution in [-0.4, -0.2) is 16.5 Å². The molecule has 1 fully saturated rings. The van der Waals surface area contributed by atoms with Crippen LogP contribution >= 0.6 is 0 Å². The molecule has 1 atom stereocenters. The van der Waals surface area contributed by atoms with Crippen LogP contribution in [0.15, 0.2) is 6.33 Å². The smallest absolute Gasteiger partial charge is 0.116 e. The quantitative estimate of drug-likeness (QED) is 0.733. The van der Waals surface area contributed by atoms with Crippen molar-refractivity contribution in [1.29, 1.82) is 0 Å². The first-order valence-electron chi connectivity index (χ1n) is 6.51. The molecular formula is C13H19N3. The Bertz CT molecular complexity index is 369. The SMILES string of the molecule is c1nc2c(c(C3CCCN3)n1)CCCCC2. The molecular weight excluding hydrogens is 198 g/mol. The van der Waals surface area contributed by atoms with Gasteiger partial charge in [-0.05, 0) is 50.6 Å². The zero-order valence-corrected chi connectivity index (χ0v) is 9.71. The van der Waals surface area contributed by atoms with Gasteiger partial charge in [0.05, 0.1) is 5.69 Å². The van der Waals surface area contributed by atoms with Gasteiger partial charge in [-0.25, -0.2) is 9.97 Å². The van der Waals surface area contributed by atoms with E-state index >= 15 is 0 Å². The Balaban J connectivity index is 1.97. The van der Waals surface area contributed by atoms with Crippen LogP contribution in [0.1, 0.15) is 55.1 Å². The molecule has 0 radical (unpaired) electrons. The van der Waals surface area contributed by atoms with E-state index in [9.17, 15) is 0 Å². The summed E-state index contributed by atoms with van der Waals surface area (Å²) in [6.07, 6.45) is 10.6. The molecule has 1 aliphatic carbocycles. The maximum absolute atomic E-state index is 4.54. The Morgan fingerprint density at radius 3 is 2.88 bits per heavy atom. The van der Waals surface area contributed by atoms with E-state index in [0.29, 0.717) is 6.04 Å². The van der Waals surface area contributed by atoms with Gasteiger partial charge in [-0.1, -0.05) is 6.42 Å². The first-order valence-corrected chi connectivity index (χ1v) is 6.51. The van der Waals surface area contributed by atoms with Crippen molar-refractivity contribution in [2.45, 2.75) is 51.0 Å². The van der Waals surface area contributed by atoms with Gasteiger partial charge in [0.1, 0.15) is 6.33 Å². The Kier molecular flexibility index (Phi) is 2.87. The van der Waals surface area contributed by atoms with Gasteiger partial charge in [0, 0.05) is 11.7 Å². The zero-order chi connectivity index (χ0) is 10.8. The number of nitrogens with one attached hydrogen (secondary N) is 1. The lowest BCUT2D eigenvalue weighted by Gasteiger charge is -2.15. The van der Waals surface area contributed by atoms with Crippen LogP contribution in [0.2, 0.25) is 0 Å². The Labute approximate surface area is 96.7 Å². The lowest BCUT2D eigenvalue weighted by molar-refractivity contribution is 0.611. The van der Waals surface area contributed by atoms with E-state index in [1.807, 2.05) is 0 Å². The second-order valence-electron chi connectivity index (χ2n) is 4.89. The topological polar surface area (TPSA) is 37.8 Å². The molecule has 0 amide bonds. The maximum atomic E-state index is 4.54. The average Bonchev–Trinajstić information content (AvgIpc) is 2.73. The molecule has 1 aliphatic heterocycles. The lowest BCUT2D eigenvalue weighted by atomic mass is 10.0. The fourth-order valence-corrected chi connectivity index (χ4v) is 2.94. The van der Waals surface area contributed by atoms with Crippen molar-refractivity contribution < 1.29 is 0 Å². The van der Waals surface area contributed by atoms with Crippen LogP contribution in [0.4, 0.5) is 0 Å². The highest BCUT2D eigenvalue weighted by Gasteiger charge is 2.23. The monoisotopic (exact) mass is 217 g/mol. The molecule has 16 heavy (non-hydrogen) atoms. The Morgan fingerprint density at radius 1 is 1.06 bits per heavy atom. The van der Waals surface area contributed by atoms with E-state index in [2.05, 4.69) is 15.3 Å². The standard InChI is InChI=1S/C13H19N3/c1-2-5-10-11(6-3-1)15-9-16-13(10)12-7-4-8-14-12/h9,12,14H,1-8H2. The van der Waals surface area contributed by atoms with Crippen molar-refractivity contribution in [3.8, 4) is 0 Å². The van der Waals surface area contributed by atoms with Crippen LogP contribution in [0.5, 0.6) is 0 Å². The zero-order valence-electron chi connectivity index (χ0n) is 9.71. The van der Waals surface area contributed by atoms with Crippen LogP contribution in [0.3, 0.4) is 0 Å². The third-order valence-corrected chi connectivity index (χ3v) is 3.80. The van der Waals surface area contributed by atoms with Crippen LogP contribution in [0, 0.1) is 0 Å². The van der Waals surface area contributed by atoms with E-state index in [1.54, 1.807) is 6.33 Å². The van der Waals surface area contributed by atoms with Crippen molar-refractivity contribution in [1.82, 2.24) is 15.3 Å². The summed E-state index contributed by atoms with van der Waals surface area (Å²) in [6, 6.07) is 0.495. The third-order valence-electron chi connectivity index (χ3n) is 3.80. The molecule has 3 heteroatoms. The van der Waals surface area contributed by atoms with E-state index < -0.39 is 0 Å². The fraction of sp³-hybridized carbons (Fsp3) is 0.692. The van der Waals surface area contributed by atoms with Gasteiger partial charge in [-0.3, -0.25) is 0 Å². The average molecular weight is 217 g/mol. The second-order valence-corrected chi connectivity index (χ2v) is 4.89. The highest BCUT2D eigenvalue weighted by Crippen LogP contribution is 2.28. The van der Waals surface area contributed by atoms with Crippen molar-refractivity contribution in [3.63, 3.8) is 0 Å². The van der Waals surface area contributed by atoms with Gasteiger partial charge < -0.3 is 5.32 Å². The first kappa shape index (κ1) is 10.2. The second kappa shape index (κ2) is 4.50. The largest absolute Gasteiger partial charge is 0.309 e. The minimum Gasteiger partial charge on any atom is -0.309 e. The first-order chi connectivity index (χ1) is 7.95. The summed E-state index contributed by atoms with van der Waals surface area (Å²) in [5.74, 6) is 0. The normalized spacial score (nSPS) is 25.1. The highest BCUT2D eigenvalue weighted by molar-refractivity contribution is 5.29. The summed E-state index contributed by atoms with van der Waals surface area (Å²) >= 11 is 0. The Morgan fingerprint density at radius 2 is 2.00 bits per heavy atom. The predicted molar refractivity (Wildman–Crippen MR) is 63.3 cm³/mol. The van der Waals surface area contributed by atoms with Gasteiger partial charge in [0.2, 0.25) is 0 Å². The molecule has 0 aromatic carbocycles. The van der Waals surface area contributed by atoms with Gasteiger partial charge in [0.25, 0.3) is 0 Å². The van der Waals surface area contributed by atoms with Crippen molar-refractivity contribution >= 4 is 0 Å². The third kappa shape index (κ3) is 1.84. The van der Waals surface area contributed by atoms with Crippen molar-refractivity contribution in [3.05, 3.63) is 23.3 Å². The van der Waals surface area contributed by atoms with Gasteiger partial charge in [0.15, 0.2) is 0 Å². The molecule has 1 unspecified atom stereocenters. The van der Waals surface area contributed by atoms with E-state index in [-0.39, 0.29) is 0 Å². The lowest BCUT2D eigenvalue weighted by Crippen LogP contribution is -2.17. The molecule has 1 aromatic rings. The van der Waals surface area contributed by atoms with Crippen LogP contribution in [-0.2, 0) is 12.8 Å². The molecule has 1 saturated heterocycles. The van der Waals surface area contributed by atoms with Crippen molar-refractivity contribution in [2.75, 3.05) is 6.54 Å². The molecule has 3 nitrogen and oxygen atoms in total. The van der Waals surface area contributed by atoms with E-state index in [4.69, 9.17) is 0 Å². The molecule has 2 aliphatic rings. The van der Waals surface area contributed by atoms with Gasteiger partial charge in [-0.2, -0.15) is 0 Å². The number of nitrogens with zero attached hydrogens (tertiary/aromatic N) is 2. The summed E-state index contributed by atoms with van der Waals surface area (Å²) in [5, 5.41) is 3.55. The molecule has 3 rings (SSSR count). The Hall–Kier alpha value is -0.960. The molecule has 1 aromatic heterocycles. The molecule has 1 N–H and O–H groups in total. The summed E-state index contributed by atoms with van der Waals surface area (Å²) in [4.78, 5) is 9.01. The number of hydrogen-bond acceptors (Lipinski definition) is 3. The van der Waals surface area contributed by atoms with E-state index in [1.165, 1.54) is 55.5 Å².